The van der Waals surface area contributed by atoms with E-state index in [1.807, 2.05) is 20.8 Å². The Hall–Kier alpha value is -2.78. The Labute approximate surface area is 157 Å². The monoisotopic (exact) mass is 387 g/mol. The maximum atomic E-state index is 12.9. The molecule has 1 amide bonds. The third kappa shape index (κ3) is 3.69. The minimum absolute atomic E-state index is 0.0298. The molecule has 0 unspecified atom stereocenters. The predicted molar refractivity (Wildman–Crippen MR) is 102 cm³/mol. The maximum absolute atomic E-state index is 12.9. The van der Waals surface area contributed by atoms with Crippen LogP contribution in [-0.2, 0) is 17.1 Å². The molecule has 2 aromatic heterocycles. The molecular weight excluding hydrogens is 366 g/mol. The van der Waals surface area contributed by atoms with Crippen molar-refractivity contribution < 1.29 is 13.2 Å². The zero-order valence-electron chi connectivity index (χ0n) is 15.5. The van der Waals surface area contributed by atoms with Gasteiger partial charge in [0.05, 0.1) is 27.6 Å². The van der Waals surface area contributed by atoms with Crippen molar-refractivity contribution in [2.45, 2.75) is 31.7 Å². The van der Waals surface area contributed by atoms with Gasteiger partial charge in [-0.25, -0.2) is 18.5 Å². The van der Waals surface area contributed by atoms with E-state index in [-0.39, 0.29) is 16.8 Å². The van der Waals surface area contributed by atoms with E-state index in [1.54, 1.807) is 29.9 Å². The number of hydrogen-bond donors (Lipinski definition) is 2. The van der Waals surface area contributed by atoms with Crippen molar-refractivity contribution in [1.82, 2.24) is 20.1 Å². The summed E-state index contributed by atoms with van der Waals surface area (Å²) in [4.78, 5) is 17.4. The summed E-state index contributed by atoms with van der Waals surface area (Å²) in [5.41, 5.74) is 3.38. The number of hydrogen-bond acceptors (Lipinski definition) is 5. The molecule has 27 heavy (non-hydrogen) atoms. The summed E-state index contributed by atoms with van der Waals surface area (Å²) >= 11 is 0. The van der Waals surface area contributed by atoms with Crippen LogP contribution in [0.5, 0.6) is 0 Å². The topological polar surface area (TPSA) is 120 Å². The van der Waals surface area contributed by atoms with Crippen molar-refractivity contribution >= 4 is 27.0 Å². The van der Waals surface area contributed by atoms with Gasteiger partial charge in [-0.2, -0.15) is 5.10 Å². The molecule has 0 radical (unpaired) electrons. The van der Waals surface area contributed by atoms with Crippen LogP contribution in [0, 0.1) is 13.8 Å². The zero-order valence-corrected chi connectivity index (χ0v) is 16.3. The number of aromatic nitrogens is 3. The van der Waals surface area contributed by atoms with Crippen LogP contribution < -0.4 is 10.5 Å². The molecule has 0 aliphatic heterocycles. The Morgan fingerprint density at radius 3 is 2.44 bits per heavy atom. The predicted octanol–water partition coefficient (Wildman–Crippen LogP) is 1.72. The number of rotatable bonds is 4. The third-order valence-electron chi connectivity index (χ3n) is 4.40. The number of primary sulfonamides is 1. The second kappa shape index (κ2) is 6.75. The summed E-state index contributed by atoms with van der Waals surface area (Å²) in [5, 5.41) is 13.1. The van der Waals surface area contributed by atoms with Crippen LogP contribution >= 0.6 is 0 Å². The highest BCUT2D eigenvalue weighted by atomic mass is 32.2. The molecule has 1 aromatic carbocycles. The van der Waals surface area contributed by atoms with Gasteiger partial charge in [0.2, 0.25) is 10.0 Å². The fourth-order valence-corrected chi connectivity index (χ4v) is 3.57. The number of carbonyl (C=O) groups is 1. The van der Waals surface area contributed by atoms with Crippen molar-refractivity contribution in [3.63, 3.8) is 0 Å². The number of sulfonamides is 1. The molecule has 2 heterocycles. The molecule has 8 nitrogen and oxygen atoms in total. The molecule has 0 spiro atoms. The average molecular weight is 387 g/mol. The third-order valence-corrected chi connectivity index (χ3v) is 5.33. The lowest BCUT2D eigenvalue weighted by Gasteiger charge is -2.15. The maximum Gasteiger partial charge on any atom is 0.252 e. The number of benzene rings is 1. The van der Waals surface area contributed by atoms with E-state index in [2.05, 4.69) is 15.4 Å². The molecule has 0 saturated heterocycles. The fourth-order valence-electron chi connectivity index (χ4n) is 3.05. The van der Waals surface area contributed by atoms with Crippen molar-refractivity contribution in [3.8, 4) is 0 Å². The molecule has 0 aliphatic carbocycles. The Morgan fingerprint density at radius 1 is 1.22 bits per heavy atom. The number of pyridine rings is 1. The lowest BCUT2D eigenvalue weighted by atomic mass is 10.1. The number of amides is 1. The van der Waals surface area contributed by atoms with E-state index in [0.29, 0.717) is 11.2 Å². The molecule has 0 aliphatic rings. The highest BCUT2D eigenvalue weighted by molar-refractivity contribution is 7.89. The van der Waals surface area contributed by atoms with Crippen LogP contribution in [0.4, 0.5) is 0 Å². The summed E-state index contributed by atoms with van der Waals surface area (Å²) in [6.07, 6.45) is 0. The highest BCUT2D eigenvalue weighted by Crippen LogP contribution is 2.23. The first kappa shape index (κ1) is 19.0. The van der Waals surface area contributed by atoms with Gasteiger partial charge >= 0.3 is 0 Å². The van der Waals surface area contributed by atoms with Gasteiger partial charge in [-0.05, 0) is 44.5 Å². The van der Waals surface area contributed by atoms with Crippen LogP contribution in [0.2, 0.25) is 0 Å². The molecular formula is C18H21N5O3S. The van der Waals surface area contributed by atoms with Gasteiger partial charge < -0.3 is 5.32 Å². The molecule has 142 valence electrons. The van der Waals surface area contributed by atoms with Crippen molar-refractivity contribution in [3.05, 3.63) is 52.8 Å². The summed E-state index contributed by atoms with van der Waals surface area (Å²) in [5.74, 6) is -0.246. The zero-order chi connectivity index (χ0) is 19.9. The van der Waals surface area contributed by atoms with Crippen LogP contribution in [0.15, 0.2) is 35.2 Å². The number of aryl methyl sites for hydroxylation is 3. The minimum Gasteiger partial charge on any atom is -0.345 e. The van der Waals surface area contributed by atoms with E-state index < -0.39 is 10.0 Å². The second-order valence-electron chi connectivity index (χ2n) is 6.53. The van der Waals surface area contributed by atoms with Gasteiger partial charge in [-0.15, -0.1) is 0 Å². The van der Waals surface area contributed by atoms with Crippen molar-refractivity contribution in [1.29, 1.82) is 0 Å². The molecule has 3 N–H and O–H groups in total. The van der Waals surface area contributed by atoms with Gasteiger partial charge in [-0.1, -0.05) is 12.1 Å². The molecule has 9 heteroatoms. The first-order valence-corrected chi connectivity index (χ1v) is 9.87. The molecule has 3 aromatic rings. The van der Waals surface area contributed by atoms with Gasteiger partial charge in [0.1, 0.15) is 0 Å². The molecule has 3 rings (SSSR count). The first-order valence-electron chi connectivity index (χ1n) is 8.32. The molecule has 1 atom stereocenters. The normalized spacial score (nSPS) is 12.9. The second-order valence-corrected chi connectivity index (χ2v) is 8.09. The van der Waals surface area contributed by atoms with Crippen molar-refractivity contribution in [2.24, 2.45) is 12.2 Å². The van der Waals surface area contributed by atoms with E-state index >= 15 is 0 Å². The van der Waals surface area contributed by atoms with Crippen LogP contribution in [0.3, 0.4) is 0 Å². The van der Waals surface area contributed by atoms with E-state index in [4.69, 9.17) is 5.14 Å². The van der Waals surface area contributed by atoms with E-state index in [0.717, 1.165) is 22.3 Å². The summed E-state index contributed by atoms with van der Waals surface area (Å²) < 4.78 is 24.4. The van der Waals surface area contributed by atoms with Gasteiger partial charge in [0, 0.05) is 12.7 Å². The van der Waals surface area contributed by atoms with E-state index in [1.165, 1.54) is 12.1 Å². The van der Waals surface area contributed by atoms with Crippen LogP contribution in [0.25, 0.3) is 11.0 Å². The first-order chi connectivity index (χ1) is 12.6. The Kier molecular flexibility index (Phi) is 4.75. The lowest BCUT2D eigenvalue weighted by molar-refractivity contribution is 0.0941. The SMILES string of the molecule is Cc1cc(C(=O)N[C@@H](C)c2ccc(S(N)(=O)=O)cc2)c2c(C)nn(C)c2n1. The molecule has 0 fully saturated rings. The summed E-state index contributed by atoms with van der Waals surface area (Å²) in [7, 11) is -1.96. The smallest absolute Gasteiger partial charge is 0.252 e. The Balaban J connectivity index is 1.90. The van der Waals surface area contributed by atoms with Gasteiger partial charge in [-0.3, -0.25) is 9.48 Å². The largest absolute Gasteiger partial charge is 0.345 e. The van der Waals surface area contributed by atoms with Gasteiger partial charge in [0.15, 0.2) is 5.65 Å². The Morgan fingerprint density at radius 2 is 1.85 bits per heavy atom. The van der Waals surface area contributed by atoms with Crippen LogP contribution in [0.1, 0.15) is 40.3 Å². The van der Waals surface area contributed by atoms with E-state index in [9.17, 15) is 13.2 Å². The number of carbonyl (C=O) groups excluding carboxylic acids is 1. The summed E-state index contributed by atoms with van der Waals surface area (Å²) in [6, 6.07) is 7.53. The number of nitrogens with two attached hydrogens (primary N) is 1. The minimum atomic E-state index is -3.75. The molecule has 0 bridgehead atoms. The average Bonchev–Trinajstić information content (AvgIpc) is 2.87. The number of nitrogens with zero attached hydrogens (tertiary/aromatic N) is 3. The van der Waals surface area contributed by atoms with Crippen LogP contribution in [-0.4, -0.2) is 29.1 Å². The summed E-state index contributed by atoms with van der Waals surface area (Å²) in [6.45, 7) is 5.49. The van der Waals surface area contributed by atoms with Crippen molar-refractivity contribution in [2.75, 3.05) is 0 Å². The Bertz CT molecular complexity index is 1130. The van der Waals surface area contributed by atoms with Gasteiger partial charge in [0.25, 0.3) is 5.91 Å². The fraction of sp³-hybridized carbons (Fsp3) is 0.278. The number of nitrogens with one attached hydrogen (secondary N) is 1. The quantitative estimate of drug-likeness (QED) is 0.706. The lowest BCUT2D eigenvalue weighted by Crippen LogP contribution is -2.27. The highest BCUT2D eigenvalue weighted by Gasteiger charge is 2.19. The number of fused-ring (bicyclic) bond motifs is 1. The molecule has 0 saturated carbocycles. The standard InChI is InChI=1S/C18H21N5O3S/c1-10-9-15(16-12(3)22-23(4)17(16)20-10)18(24)21-11(2)13-5-7-14(8-6-13)27(19,25)26/h5-9,11H,1-4H3,(H,21,24)(H2,19,25,26)/t11-/m0/s1.